The molecule has 0 saturated heterocycles. The number of benzene rings is 4. The van der Waals surface area contributed by atoms with Gasteiger partial charge in [-0.15, -0.1) is 25.3 Å². The highest BCUT2D eigenvalue weighted by Gasteiger charge is 2.11. The quantitative estimate of drug-likeness (QED) is 0.298. The van der Waals surface area contributed by atoms with Crippen LogP contribution in [0, 0.1) is 0 Å². The van der Waals surface area contributed by atoms with Crippen molar-refractivity contribution in [3.63, 3.8) is 0 Å². The fourth-order valence-electron chi connectivity index (χ4n) is 4.14. The minimum Gasteiger partial charge on any atom is -0.288 e. The van der Waals surface area contributed by atoms with Gasteiger partial charge in [-0.25, -0.2) is 9.97 Å². The standard InChI is InChI=1S/C26H18N4S2/c31-25-27-21-5-1-3-7-23(21)29(25)19-13-9-17(10-14-19)18-11-15-20(16-12-18)30-24-8-4-2-6-22(24)28-26(30)32/h1-16H,(H,27,31)(H,28,32). The third kappa shape index (κ3) is 3.11. The molecule has 2 heterocycles. The summed E-state index contributed by atoms with van der Waals surface area (Å²) < 4.78 is 4.12. The third-order valence-corrected chi connectivity index (χ3v) is 6.27. The molecule has 0 aliphatic heterocycles. The molecule has 0 bridgehead atoms. The minimum atomic E-state index is 0.679. The number of rotatable bonds is 3. The molecule has 6 aromatic rings. The van der Waals surface area contributed by atoms with Crippen LogP contribution in [0.15, 0.2) is 107 Å². The van der Waals surface area contributed by atoms with Crippen LogP contribution in [0.1, 0.15) is 0 Å². The summed E-state index contributed by atoms with van der Waals surface area (Å²) in [4.78, 5) is 9.09. The van der Waals surface area contributed by atoms with E-state index < -0.39 is 0 Å². The van der Waals surface area contributed by atoms with Crippen molar-refractivity contribution in [1.29, 1.82) is 0 Å². The van der Waals surface area contributed by atoms with Crippen molar-refractivity contribution in [2.45, 2.75) is 10.3 Å². The average molecular weight is 451 g/mol. The monoisotopic (exact) mass is 450 g/mol. The lowest BCUT2D eigenvalue weighted by Gasteiger charge is -2.10. The maximum atomic E-state index is 4.58. The summed E-state index contributed by atoms with van der Waals surface area (Å²) in [5.41, 5.74) is 8.33. The van der Waals surface area contributed by atoms with Gasteiger partial charge in [0, 0.05) is 11.4 Å². The maximum Gasteiger partial charge on any atom is 0.170 e. The third-order valence-electron chi connectivity index (χ3n) is 5.67. The van der Waals surface area contributed by atoms with Gasteiger partial charge in [-0.05, 0) is 59.7 Å². The van der Waals surface area contributed by atoms with E-state index in [0.717, 1.165) is 44.6 Å². The van der Waals surface area contributed by atoms with Crippen molar-refractivity contribution in [3.05, 3.63) is 97.1 Å². The molecule has 0 amide bonds. The van der Waals surface area contributed by atoms with E-state index in [2.05, 4.69) is 105 Å². The lowest BCUT2D eigenvalue weighted by Crippen LogP contribution is -1.95. The highest BCUT2D eigenvalue weighted by molar-refractivity contribution is 7.80. The van der Waals surface area contributed by atoms with E-state index in [1.54, 1.807) is 0 Å². The summed E-state index contributed by atoms with van der Waals surface area (Å²) in [6.45, 7) is 0. The van der Waals surface area contributed by atoms with Crippen LogP contribution >= 0.6 is 25.3 Å². The van der Waals surface area contributed by atoms with Gasteiger partial charge < -0.3 is 0 Å². The summed E-state index contributed by atoms with van der Waals surface area (Å²) in [7, 11) is 0. The van der Waals surface area contributed by atoms with Gasteiger partial charge in [0.1, 0.15) is 0 Å². The van der Waals surface area contributed by atoms with Gasteiger partial charge in [-0.3, -0.25) is 9.13 Å². The molecule has 0 spiro atoms. The van der Waals surface area contributed by atoms with E-state index in [9.17, 15) is 0 Å². The van der Waals surface area contributed by atoms with Crippen LogP contribution in [0.25, 0.3) is 44.6 Å². The van der Waals surface area contributed by atoms with Gasteiger partial charge in [0.15, 0.2) is 10.3 Å². The van der Waals surface area contributed by atoms with Crippen LogP contribution in [0.3, 0.4) is 0 Å². The van der Waals surface area contributed by atoms with Crippen LogP contribution in [0.2, 0.25) is 0 Å². The summed E-state index contributed by atoms with van der Waals surface area (Å²) in [5.74, 6) is 0. The van der Waals surface area contributed by atoms with E-state index in [4.69, 9.17) is 0 Å². The first kappa shape index (κ1) is 19.2. The molecule has 0 N–H and O–H groups in total. The number of hydrogen-bond acceptors (Lipinski definition) is 4. The molecule has 0 saturated carbocycles. The summed E-state index contributed by atoms with van der Waals surface area (Å²) in [5, 5.41) is 1.36. The Labute approximate surface area is 196 Å². The Hall–Kier alpha value is -3.48. The average Bonchev–Trinajstić information content (AvgIpc) is 3.34. The Bertz CT molecular complexity index is 1460. The molecule has 0 aliphatic carbocycles. The molecule has 154 valence electrons. The molecule has 0 radical (unpaired) electrons. The van der Waals surface area contributed by atoms with Crippen molar-refractivity contribution < 1.29 is 0 Å². The zero-order valence-corrected chi connectivity index (χ0v) is 18.7. The van der Waals surface area contributed by atoms with Crippen LogP contribution < -0.4 is 0 Å². The molecule has 2 aromatic heterocycles. The maximum absolute atomic E-state index is 4.58. The summed E-state index contributed by atoms with van der Waals surface area (Å²) >= 11 is 9.15. The van der Waals surface area contributed by atoms with Gasteiger partial charge in [-0.1, -0.05) is 48.5 Å². The minimum absolute atomic E-state index is 0.679. The van der Waals surface area contributed by atoms with Gasteiger partial charge in [0.2, 0.25) is 0 Å². The first-order valence-corrected chi connectivity index (χ1v) is 11.1. The summed E-state index contributed by atoms with van der Waals surface area (Å²) in [6.07, 6.45) is 0. The Balaban J connectivity index is 1.35. The SMILES string of the molecule is Sc1nc2ccccc2n1-c1ccc(-c2ccc(-n3c(S)nc4ccccc43)cc2)cc1. The molecule has 0 atom stereocenters. The second kappa shape index (κ2) is 7.58. The molecule has 0 fully saturated rings. The van der Waals surface area contributed by atoms with Crippen LogP contribution in [-0.4, -0.2) is 19.1 Å². The molecule has 4 nitrogen and oxygen atoms in total. The lowest BCUT2D eigenvalue weighted by molar-refractivity contribution is 0.925. The van der Waals surface area contributed by atoms with E-state index in [-0.39, 0.29) is 0 Å². The van der Waals surface area contributed by atoms with Gasteiger partial charge in [-0.2, -0.15) is 0 Å². The van der Waals surface area contributed by atoms with Gasteiger partial charge in [0.25, 0.3) is 0 Å². The molecule has 0 unspecified atom stereocenters. The molecule has 6 rings (SSSR count). The molecule has 6 heteroatoms. The fourth-order valence-corrected chi connectivity index (χ4v) is 4.80. The number of fused-ring (bicyclic) bond motifs is 2. The van der Waals surface area contributed by atoms with Crippen LogP contribution in [0.4, 0.5) is 0 Å². The van der Waals surface area contributed by atoms with Crippen molar-refractivity contribution in [2.75, 3.05) is 0 Å². The van der Waals surface area contributed by atoms with Gasteiger partial charge in [0.05, 0.1) is 22.1 Å². The second-order valence-corrected chi connectivity index (χ2v) is 8.37. The molecule has 4 aromatic carbocycles. The largest absolute Gasteiger partial charge is 0.288 e. The Morgan fingerprint density at radius 1 is 0.469 bits per heavy atom. The molecule has 32 heavy (non-hydrogen) atoms. The zero-order chi connectivity index (χ0) is 21.7. The smallest absolute Gasteiger partial charge is 0.170 e. The van der Waals surface area contributed by atoms with E-state index in [1.165, 1.54) is 0 Å². The zero-order valence-electron chi connectivity index (χ0n) is 16.9. The van der Waals surface area contributed by atoms with E-state index in [0.29, 0.717) is 10.3 Å². The Kier molecular flexibility index (Phi) is 4.56. The number of aromatic nitrogens is 4. The van der Waals surface area contributed by atoms with E-state index >= 15 is 0 Å². The Morgan fingerprint density at radius 2 is 0.844 bits per heavy atom. The topological polar surface area (TPSA) is 35.6 Å². The van der Waals surface area contributed by atoms with Crippen molar-refractivity contribution in [2.24, 2.45) is 0 Å². The normalized spacial score (nSPS) is 11.4. The number of nitrogens with zero attached hydrogens (tertiary/aromatic N) is 4. The van der Waals surface area contributed by atoms with Crippen LogP contribution in [-0.2, 0) is 0 Å². The number of para-hydroxylation sites is 4. The first-order chi connectivity index (χ1) is 15.7. The van der Waals surface area contributed by atoms with E-state index in [1.807, 2.05) is 36.4 Å². The van der Waals surface area contributed by atoms with Gasteiger partial charge >= 0.3 is 0 Å². The highest BCUT2D eigenvalue weighted by Crippen LogP contribution is 2.28. The lowest BCUT2D eigenvalue weighted by atomic mass is 10.0. The molecular weight excluding hydrogens is 432 g/mol. The number of hydrogen-bond donors (Lipinski definition) is 2. The van der Waals surface area contributed by atoms with Crippen molar-refractivity contribution in [1.82, 2.24) is 19.1 Å². The summed E-state index contributed by atoms with van der Waals surface area (Å²) in [6, 6.07) is 33.1. The highest BCUT2D eigenvalue weighted by atomic mass is 32.1. The number of thiol groups is 2. The molecular formula is C26H18N4S2. The second-order valence-electron chi connectivity index (χ2n) is 7.57. The molecule has 0 aliphatic rings. The first-order valence-electron chi connectivity index (χ1n) is 10.2. The van der Waals surface area contributed by atoms with Crippen LogP contribution in [0.5, 0.6) is 0 Å². The number of imidazole rings is 2. The predicted molar refractivity (Wildman–Crippen MR) is 136 cm³/mol. The van der Waals surface area contributed by atoms with Crippen molar-refractivity contribution >= 4 is 47.3 Å². The predicted octanol–water partition coefficient (Wildman–Crippen LogP) is 6.61. The fraction of sp³-hybridized carbons (Fsp3) is 0. The Morgan fingerprint density at radius 3 is 1.25 bits per heavy atom. The van der Waals surface area contributed by atoms with Crippen molar-refractivity contribution in [3.8, 4) is 22.5 Å².